The van der Waals surface area contributed by atoms with Crippen LogP contribution in [-0.2, 0) is 7.05 Å². The van der Waals surface area contributed by atoms with Crippen LogP contribution in [0.15, 0.2) is 42.6 Å². The second kappa shape index (κ2) is 8.16. The molecule has 1 amide bonds. The maximum absolute atomic E-state index is 12.8. The van der Waals surface area contributed by atoms with E-state index in [0.717, 1.165) is 32.5 Å². The average Bonchev–Trinajstić information content (AvgIpc) is 3.04. The zero-order valence-electron chi connectivity index (χ0n) is 14.5. The molecule has 1 aromatic carbocycles. The molecule has 1 fully saturated rings. The van der Waals surface area contributed by atoms with Crippen LogP contribution in [0.3, 0.4) is 0 Å². The summed E-state index contributed by atoms with van der Waals surface area (Å²) in [6.45, 7) is 3.28. The number of halogens is 1. The van der Waals surface area contributed by atoms with Crippen molar-refractivity contribution in [3.8, 4) is 5.75 Å². The van der Waals surface area contributed by atoms with Crippen LogP contribution in [-0.4, -0.2) is 47.7 Å². The number of amides is 1. The van der Waals surface area contributed by atoms with Gasteiger partial charge in [0, 0.05) is 38.9 Å². The topological polar surface area (TPSA) is 46.5 Å². The molecule has 1 N–H and O–H groups in total. The number of nitrogens with zero attached hydrogens (tertiary/aromatic N) is 2. The molecule has 2 aromatic rings. The van der Waals surface area contributed by atoms with Gasteiger partial charge in [-0.25, -0.2) is 4.39 Å². The summed E-state index contributed by atoms with van der Waals surface area (Å²) in [5.41, 5.74) is 0.690. The van der Waals surface area contributed by atoms with Crippen molar-refractivity contribution in [3.63, 3.8) is 0 Å². The zero-order chi connectivity index (χ0) is 17.6. The van der Waals surface area contributed by atoms with Crippen LogP contribution in [0, 0.1) is 5.82 Å². The number of likely N-dealkylation sites (tertiary alicyclic amines) is 1. The Balaban J connectivity index is 1.36. The van der Waals surface area contributed by atoms with Crippen molar-refractivity contribution in [3.05, 3.63) is 54.1 Å². The van der Waals surface area contributed by atoms with Crippen molar-refractivity contribution < 1.29 is 13.9 Å². The molecule has 0 atom stereocenters. The third-order valence-electron chi connectivity index (χ3n) is 4.59. The molecule has 134 valence electrons. The first-order chi connectivity index (χ1) is 12.1. The molecule has 1 aliphatic heterocycles. The van der Waals surface area contributed by atoms with Gasteiger partial charge >= 0.3 is 0 Å². The van der Waals surface area contributed by atoms with Crippen LogP contribution in [0.1, 0.15) is 23.3 Å². The van der Waals surface area contributed by atoms with Gasteiger partial charge in [0.2, 0.25) is 0 Å². The van der Waals surface area contributed by atoms with E-state index in [1.165, 1.54) is 12.1 Å². The minimum Gasteiger partial charge on any atom is -0.492 e. The van der Waals surface area contributed by atoms with E-state index in [0.29, 0.717) is 18.1 Å². The molecule has 0 spiro atoms. The van der Waals surface area contributed by atoms with Gasteiger partial charge in [-0.2, -0.15) is 0 Å². The van der Waals surface area contributed by atoms with Crippen LogP contribution >= 0.6 is 0 Å². The summed E-state index contributed by atoms with van der Waals surface area (Å²) in [5, 5.41) is 3.12. The maximum atomic E-state index is 12.8. The van der Waals surface area contributed by atoms with Crippen LogP contribution in [0.25, 0.3) is 0 Å². The first kappa shape index (κ1) is 17.5. The SMILES string of the molecule is Cn1cccc1C(=O)NC1CCN(CCOc2ccc(F)cc2)CC1. The van der Waals surface area contributed by atoms with Crippen molar-refractivity contribution in [2.24, 2.45) is 7.05 Å². The lowest BCUT2D eigenvalue weighted by Gasteiger charge is -2.32. The van der Waals surface area contributed by atoms with Gasteiger partial charge in [0.1, 0.15) is 23.9 Å². The number of hydrogen-bond acceptors (Lipinski definition) is 3. The summed E-state index contributed by atoms with van der Waals surface area (Å²) in [6.07, 6.45) is 3.75. The normalized spacial score (nSPS) is 15.9. The molecule has 1 aromatic heterocycles. The zero-order valence-corrected chi connectivity index (χ0v) is 14.5. The van der Waals surface area contributed by atoms with Crippen LogP contribution in [0.4, 0.5) is 4.39 Å². The fourth-order valence-electron chi connectivity index (χ4n) is 3.08. The van der Waals surface area contributed by atoms with Gasteiger partial charge in [-0.05, 0) is 49.2 Å². The van der Waals surface area contributed by atoms with Gasteiger partial charge in [-0.15, -0.1) is 0 Å². The fraction of sp³-hybridized carbons (Fsp3) is 0.421. The van der Waals surface area contributed by atoms with E-state index >= 15 is 0 Å². The minimum absolute atomic E-state index is 0.00871. The summed E-state index contributed by atoms with van der Waals surface area (Å²) in [5.74, 6) is 0.420. The third-order valence-corrected chi connectivity index (χ3v) is 4.59. The molecular formula is C19H24FN3O2. The maximum Gasteiger partial charge on any atom is 0.268 e. The van der Waals surface area contributed by atoms with Crippen molar-refractivity contribution in [2.45, 2.75) is 18.9 Å². The molecular weight excluding hydrogens is 321 g/mol. The Morgan fingerprint density at radius 3 is 2.60 bits per heavy atom. The third kappa shape index (κ3) is 4.82. The highest BCUT2D eigenvalue weighted by molar-refractivity contribution is 5.92. The molecule has 1 saturated heterocycles. The number of rotatable bonds is 6. The number of hydrogen-bond donors (Lipinski definition) is 1. The number of carbonyl (C=O) groups excluding carboxylic acids is 1. The number of aromatic nitrogens is 1. The first-order valence-corrected chi connectivity index (χ1v) is 8.65. The predicted octanol–water partition coefficient (Wildman–Crippen LogP) is 2.44. The second-order valence-corrected chi connectivity index (χ2v) is 6.40. The second-order valence-electron chi connectivity index (χ2n) is 6.40. The summed E-state index contributed by atoms with van der Waals surface area (Å²) in [4.78, 5) is 14.6. The molecule has 0 radical (unpaired) electrons. The summed E-state index contributed by atoms with van der Waals surface area (Å²) in [6, 6.07) is 10.0. The van der Waals surface area contributed by atoms with Crippen molar-refractivity contribution in [1.29, 1.82) is 0 Å². The number of nitrogens with one attached hydrogen (secondary N) is 1. The fourth-order valence-corrected chi connectivity index (χ4v) is 3.08. The lowest BCUT2D eigenvalue weighted by molar-refractivity contribution is 0.0897. The van der Waals surface area contributed by atoms with E-state index in [9.17, 15) is 9.18 Å². The van der Waals surface area contributed by atoms with E-state index in [1.54, 1.807) is 12.1 Å². The molecule has 1 aliphatic rings. The monoisotopic (exact) mass is 345 g/mol. The van der Waals surface area contributed by atoms with Crippen LogP contribution in [0.2, 0.25) is 0 Å². The Morgan fingerprint density at radius 1 is 1.24 bits per heavy atom. The standard InChI is InChI=1S/C19H24FN3O2/c1-22-10-2-3-18(22)19(24)21-16-8-11-23(12-9-16)13-14-25-17-6-4-15(20)5-7-17/h2-7,10,16H,8-9,11-14H2,1H3,(H,21,24). The quantitative estimate of drug-likeness (QED) is 0.875. The lowest BCUT2D eigenvalue weighted by Crippen LogP contribution is -2.45. The Morgan fingerprint density at radius 2 is 1.96 bits per heavy atom. The highest BCUT2D eigenvalue weighted by Gasteiger charge is 2.21. The number of carbonyl (C=O) groups is 1. The molecule has 25 heavy (non-hydrogen) atoms. The molecule has 0 aliphatic carbocycles. The van der Waals surface area contributed by atoms with Gasteiger partial charge in [0.05, 0.1) is 0 Å². The summed E-state index contributed by atoms with van der Waals surface area (Å²) in [7, 11) is 1.87. The molecule has 0 saturated carbocycles. The van der Waals surface area contributed by atoms with E-state index in [1.807, 2.05) is 29.9 Å². The largest absolute Gasteiger partial charge is 0.492 e. The Hall–Kier alpha value is -2.34. The van der Waals surface area contributed by atoms with Gasteiger partial charge in [0.15, 0.2) is 0 Å². The minimum atomic E-state index is -0.258. The highest BCUT2D eigenvalue weighted by atomic mass is 19.1. The number of benzene rings is 1. The Kier molecular flexibility index (Phi) is 5.71. The lowest BCUT2D eigenvalue weighted by atomic mass is 10.0. The molecule has 2 heterocycles. The summed E-state index contributed by atoms with van der Waals surface area (Å²) < 4.78 is 20.3. The van der Waals surface area contributed by atoms with Gasteiger partial charge in [0.25, 0.3) is 5.91 Å². The van der Waals surface area contributed by atoms with E-state index < -0.39 is 0 Å². The van der Waals surface area contributed by atoms with Crippen LogP contribution < -0.4 is 10.1 Å². The Labute approximate surface area is 147 Å². The molecule has 5 nitrogen and oxygen atoms in total. The van der Waals surface area contributed by atoms with E-state index in [2.05, 4.69) is 10.2 Å². The molecule has 0 bridgehead atoms. The summed E-state index contributed by atoms with van der Waals surface area (Å²) >= 11 is 0. The van der Waals surface area contributed by atoms with Gasteiger partial charge < -0.3 is 14.6 Å². The van der Waals surface area contributed by atoms with Gasteiger partial charge in [-0.1, -0.05) is 0 Å². The smallest absolute Gasteiger partial charge is 0.268 e. The Bertz CT molecular complexity index is 691. The van der Waals surface area contributed by atoms with Crippen molar-refractivity contribution in [1.82, 2.24) is 14.8 Å². The predicted molar refractivity (Wildman–Crippen MR) is 94.2 cm³/mol. The first-order valence-electron chi connectivity index (χ1n) is 8.65. The number of aryl methyl sites for hydroxylation is 1. The van der Waals surface area contributed by atoms with Crippen molar-refractivity contribution >= 4 is 5.91 Å². The molecule has 3 rings (SSSR count). The van der Waals surface area contributed by atoms with Crippen LogP contribution in [0.5, 0.6) is 5.75 Å². The molecule has 0 unspecified atom stereocenters. The van der Waals surface area contributed by atoms with E-state index in [4.69, 9.17) is 4.74 Å². The number of ether oxygens (including phenoxy) is 1. The number of piperidine rings is 1. The highest BCUT2D eigenvalue weighted by Crippen LogP contribution is 2.13. The van der Waals surface area contributed by atoms with Crippen molar-refractivity contribution in [2.75, 3.05) is 26.2 Å². The van der Waals surface area contributed by atoms with E-state index in [-0.39, 0.29) is 17.8 Å². The molecule has 6 heteroatoms. The van der Waals surface area contributed by atoms with Gasteiger partial charge in [-0.3, -0.25) is 9.69 Å². The average molecular weight is 345 g/mol.